The van der Waals surface area contributed by atoms with Crippen LogP contribution in [-0.2, 0) is 9.59 Å². The Labute approximate surface area is 117 Å². The highest BCUT2D eigenvalue weighted by atomic mass is 16.2. The summed E-state index contributed by atoms with van der Waals surface area (Å²) in [4.78, 5) is 25.3. The fourth-order valence-electron chi connectivity index (χ4n) is 2.29. The summed E-state index contributed by atoms with van der Waals surface area (Å²) in [6.07, 6.45) is 4.11. The predicted molar refractivity (Wildman–Crippen MR) is 77.6 cm³/mol. The maximum absolute atomic E-state index is 11.8. The molecule has 0 aliphatic carbocycles. The Morgan fingerprint density at radius 2 is 1.95 bits per heavy atom. The van der Waals surface area contributed by atoms with Gasteiger partial charge in [0.1, 0.15) is 5.78 Å². The van der Waals surface area contributed by atoms with E-state index in [0.717, 1.165) is 31.5 Å². The quantitative estimate of drug-likeness (QED) is 0.689. The van der Waals surface area contributed by atoms with Crippen molar-refractivity contribution in [3.05, 3.63) is 12.3 Å². The molecule has 0 radical (unpaired) electrons. The van der Waals surface area contributed by atoms with Crippen molar-refractivity contribution in [3.8, 4) is 0 Å². The summed E-state index contributed by atoms with van der Waals surface area (Å²) in [5, 5.41) is 0. The van der Waals surface area contributed by atoms with Crippen LogP contribution in [0.5, 0.6) is 0 Å². The number of carbonyl (C=O) groups is 2. The number of unbranched alkanes of at least 4 members (excludes halogenated alkanes) is 2. The average Bonchev–Trinajstić information content (AvgIpc) is 2.53. The van der Waals surface area contributed by atoms with Crippen LogP contribution in [0.4, 0.5) is 0 Å². The number of carbonyl (C=O) groups excluding carboxylic acids is 2. The summed E-state index contributed by atoms with van der Waals surface area (Å²) in [6, 6.07) is 0. The minimum atomic E-state index is -0.228. The van der Waals surface area contributed by atoms with E-state index >= 15 is 0 Å². The van der Waals surface area contributed by atoms with E-state index in [-0.39, 0.29) is 17.2 Å². The molecule has 1 heterocycles. The SMILES string of the molecule is C=C1C(C)CC(=O)N1CCCCCC(=O)C(C)(C)C. The zero-order valence-electron chi connectivity index (χ0n) is 12.8. The van der Waals surface area contributed by atoms with Gasteiger partial charge in [-0.3, -0.25) is 9.59 Å². The fourth-order valence-corrected chi connectivity index (χ4v) is 2.29. The average molecular weight is 265 g/mol. The molecule has 1 saturated heterocycles. The molecule has 1 rings (SSSR count). The summed E-state index contributed by atoms with van der Waals surface area (Å²) in [6.45, 7) is 12.7. The van der Waals surface area contributed by atoms with E-state index < -0.39 is 0 Å². The standard InChI is InChI=1S/C16H27NO2/c1-12-11-15(19)17(13(12)2)10-8-6-7-9-14(18)16(3,4)5/h12H,2,6-11H2,1,3-5H3. The first kappa shape index (κ1) is 15.9. The number of hydrogen-bond acceptors (Lipinski definition) is 2. The Hall–Kier alpha value is -1.12. The molecule has 1 amide bonds. The van der Waals surface area contributed by atoms with Crippen LogP contribution in [0.2, 0.25) is 0 Å². The second-order valence-corrected chi connectivity index (χ2v) is 6.63. The van der Waals surface area contributed by atoms with E-state index in [9.17, 15) is 9.59 Å². The molecule has 3 heteroatoms. The number of Topliss-reactive ketones (excluding diaryl/α,β-unsaturated/α-hetero) is 1. The van der Waals surface area contributed by atoms with E-state index in [4.69, 9.17) is 0 Å². The van der Waals surface area contributed by atoms with Gasteiger partial charge in [-0.2, -0.15) is 0 Å². The molecule has 0 saturated carbocycles. The Morgan fingerprint density at radius 3 is 2.42 bits per heavy atom. The van der Waals surface area contributed by atoms with Crippen LogP contribution in [0.15, 0.2) is 12.3 Å². The highest BCUT2D eigenvalue weighted by Crippen LogP contribution is 2.27. The van der Waals surface area contributed by atoms with Crippen molar-refractivity contribution < 1.29 is 9.59 Å². The third-order valence-electron chi connectivity index (χ3n) is 3.82. The van der Waals surface area contributed by atoms with Crippen molar-refractivity contribution in [2.24, 2.45) is 11.3 Å². The van der Waals surface area contributed by atoms with Crippen LogP contribution in [-0.4, -0.2) is 23.1 Å². The summed E-state index contributed by atoms with van der Waals surface area (Å²) in [5.74, 6) is 0.806. The van der Waals surface area contributed by atoms with E-state index in [1.807, 2.05) is 32.6 Å². The molecular weight excluding hydrogens is 238 g/mol. The molecule has 1 aliphatic heterocycles. The van der Waals surface area contributed by atoms with E-state index in [2.05, 4.69) is 6.58 Å². The van der Waals surface area contributed by atoms with Gasteiger partial charge in [-0.15, -0.1) is 0 Å². The molecular formula is C16H27NO2. The van der Waals surface area contributed by atoms with Gasteiger partial charge in [-0.25, -0.2) is 0 Å². The smallest absolute Gasteiger partial charge is 0.227 e. The van der Waals surface area contributed by atoms with Gasteiger partial charge in [-0.1, -0.05) is 40.7 Å². The van der Waals surface area contributed by atoms with Gasteiger partial charge in [0.2, 0.25) is 5.91 Å². The topological polar surface area (TPSA) is 37.4 Å². The van der Waals surface area contributed by atoms with Gasteiger partial charge in [0.15, 0.2) is 0 Å². The number of nitrogens with zero attached hydrogens (tertiary/aromatic N) is 1. The monoisotopic (exact) mass is 265 g/mol. The van der Waals surface area contributed by atoms with Crippen molar-refractivity contribution in [2.45, 2.75) is 59.8 Å². The van der Waals surface area contributed by atoms with Gasteiger partial charge in [0.05, 0.1) is 0 Å². The largest absolute Gasteiger partial charge is 0.317 e. The van der Waals surface area contributed by atoms with Gasteiger partial charge >= 0.3 is 0 Å². The number of likely N-dealkylation sites (tertiary alicyclic amines) is 1. The van der Waals surface area contributed by atoms with Crippen molar-refractivity contribution in [1.82, 2.24) is 4.90 Å². The second kappa shape index (κ2) is 6.36. The van der Waals surface area contributed by atoms with Crippen molar-refractivity contribution in [1.29, 1.82) is 0 Å². The lowest BCUT2D eigenvalue weighted by Gasteiger charge is -2.19. The fraction of sp³-hybridized carbons (Fsp3) is 0.750. The maximum atomic E-state index is 11.8. The Balaban J connectivity index is 2.20. The van der Waals surface area contributed by atoms with Crippen LogP contribution in [0.25, 0.3) is 0 Å². The number of rotatable bonds is 6. The molecule has 1 fully saturated rings. The maximum Gasteiger partial charge on any atom is 0.227 e. The van der Waals surface area contributed by atoms with Crippen molar-refractivity contribution in [3.63, 3.8) is 0 Å². The van der Waals surface area contributed by atoms with Gasteiger partial charge in [0.25, 0.3) is 0 Å². The Morgan fingerprint density at radius 1 is 1.32 bits per heavy atom. The molecule has 1 unspecified atom stereocenters. The van der Waals surface area contributed by atoms with Crippen LogP contribution in [0, 0.1) is 11.3 Å². The number of allylic oxidation sites excluding steroid dienone is 1. The molecule has 1 atom stereocenters. The lowest BCUT2D eigenvalue weighted by molar-refractivity contribution is -0.127. The van der Waals surface area contributed by atoms with Crippen LogP contribution in [0.3, 0.4) is 0 Å². The number of amides is 1. The molecule has 0 N–H and O–H groups in total. The highest BCUT2D eigenvalue weighted by Gasteiger charge is 2.29. The minimum absolute atomic E-state index is 0.197. The predicted octanol–water partition coefficient (Wildman–Crippen LogP) is 3.54. The van der Waals surface area contributed by atoms with E-state index in [0.29, 0.717) is 18.6 Å². The third-order valence-corrected chi connectivity index (χ3v) is 3.82. The minimum Gasteiger partial charge on any atom is -0.317 e. The highest BCUT2D eigenvalue weighted by molar-refractivity contribution is 5.83. The number of hydrogen-bond donors (Lipinski definition) is 0. The van der Waals surface area contributed by atoms with Gasteiger partial charge in [-0.05, 0) is 12.8 Å². The molecule has 0 bridgehead atoms. The molecule has 108 valence electrons. The van der Waals surface area contributed by atoms with E-state index in [1.165, 1.54) is 0 Å². The molecule has 19 heavy (non-hydrogen) atoms. The first-order valence-corrected chi connectivity index (χ1v) is 7.26. The summed E-state index contributed by atoms with van der Waals surface area (Å²) < 4.78 is 0. The molecule has 0 aromatic heterocycles. The van der Waals surface area contributed by atoms with Crippen LogP contribution in [0.1, 0.15) is 59.8 Å². The van der Waals surface area contributed by atoms with Gasteiger partial charge in [0, 0.05) is 36.4 Å². The zero-order valence-corrected chi connectivity index (χ0v) is 12.8. The lowest BCUT2D eigenvalue weighted by Crippen LogP contribution is -2.24. The summed E-state index contributed by atoms with van der Waals surface area (Å²) >= 11 is 0. The molecule has 3 nitrogen and oxygen atoms in total. The first-order chi connectivity index (χ1) is 8.73. The lowest BCUT2D eigenvalue weighted by atomic mass is 9.88. The van der Waals surface area contributed by atoms with Crippen molar-refractivity contribution in [2.75, 3.05) is 6.54 Å². The van der Waals surface area contributed by atoms with Gasteiger partial charge < -0.3 is 4.90 Å². The summed E-state index contributed by atoms with van der Waals surface area (Å²) in [5.41, 5.74) is 0.727. The normalized spacial score (nSPS) is 20.2. The molecule has 0 aromatic rings. The Bertz CT molecular complexity index is 365. The van der Waals surface area contributed by atoms with Crippen LogP contribution < -0.4 is 0 Å². The zero-order chi connectivity index (χ0) is 14.6. The van der Waals surface area contributed by atoms with Crippen molar-refractivity contribution >= 4 is 11.7 Å². The molecule has 0 aromatic carbocycles. The third kappa shape index (κ3) is 4.48. The second-order valence-electron chi connectivity index (χ2n) is 6.63. The summed E-state index contributed by atoms with van der Waals surface area (Å²) in [7, 11) is 0. The molecule has 0 spiro atoms. The molecule has 1 aliphatic rings. The van der Waals surface area contributed by atoms with Crippen LogP contribution >= 0.6 is 0 Å². The first-order valence-electron chi connectivity index (χ1n) is 7.26. The van der Waals surface area contributed by atoms with E-state index in [1.54, 1.807) is 0 Å². The number of ketones is 1. The Kier molecular flexibility index (Phi) is 5.33.